The summed E-state index contributed by atoms with van der Waals surface area (Å²) >= 11 is 0. The summed E-state index contributed by atoms with van der Waals surface area (Å²) in [7, 11) is 2.24. The Bertz CT molecular complexity index is 156. The van der Waals surface area contributed by atoms with Crippen molar-refractivity contribution in [3.05, 3.63) is 13.2 Å². The zero-order valence-electron chi connectivity index (χ0n) is 10.2. The highest BCUT2D eigenvalue weighted by molar-refractivity contribution is 4.80. The molecule has 0 N–H and O–H groups in total. The molecule has 0 aromatic carbocycles. The van der Waals surface area contributed by atoms with Crippen LogP contribution in [0.2, 0.25) is 0 Å². The smallest absolute Gasteiger partial charge is 0.0120 e. The summed E-state index contributed by atoms with van der Waals surface area (Å²) in [6.07, 6.45) is 7.13. The molecule has 2 rings (SSSR count). The minimum Gasteiger partial charge on any atom is -0.306 e. The van der Waals surface area contributed by atoms with E-state index in [9.17, 15) is 0 Å². The quantitative estimate of drug-likeness (QED) is 0.613. The topological polar surface area (TPSA) is 6.48 Å². The summed E-state index contributed by atoms with van der Waals surface area (Å²) in [5.41, 5.74) is 0. The van der Waals surface area contributed by atoms with Crippen molar-refractivity contribution in [1.29, 1.82) is 0 Å². The zero-order valence-corrected chi connectivity index (χ0v) is 10.2. The second kappa shape index (κ2) is 7.02. The molecular formula is C13H26N2. The Balaban J connectivity index is 0.000000531. The number of likely N-dealkylation sites (tertiary alicyclic amines) is 2. The Labute approximate surface area is 94.9 Å². The monoisotopic (exact) mass is 210 g/mol. The second-order valence-electron chi connectivity index (χ2n) is 4.63. The number of nitrogens with zero attached hydrogens (tertiary/aromatic N) is 2. The molecule has 0 unspecified atom stereocenters. The zero-order chi connectivity index (χ0) is 11.1. The van der Waals surface area contributed by atoms with Crippen LogP contribution in [0.1, 0.15) is 32.1 Å². The summed E-state index contributed by atoms with van der Waals surface area (Å²) in [4.78, 5) is 5.19. The van der Waals surface area contributed by atoms with Crippen molar-refractivity contribution in [2.45, 2.75) is 38.1 Å². The normalized spacial score (nSPS) is 25.7. The molecule has 2 aliphatic rings. The van der Waals surface area contributed by atoms with Gasteiger partial charge in [-0.3, -0.25) is 0 Å². The van der Waals surface area contributed by atoms with Crippen LogP contribution in [-0.4, -0.2) is 49.1 Å². The maximum Gasteiger partial charge on any atom is 0.0120 e. The maximum absolute atomic E-state index is 3.00. The van der Waals surface area contributed by atoms with Crippen molar-refractivity contribution in [2.75, 3.05) is 33.2 Å². The highest BCUT2D eigenvalue weighted by Crippen LogP contribution is 2.19. The van der Waals surface area contributed by atoms with Crippen molar-refractivity contribution in [3.8, 4) is 0 Å². The van der Waals surface area contributed by atoms with Crippen molar-refractivity contribution in [2.24, 2.45) is 0 Å². The van der Waals surface area contributed by atoms with Crippen LogP contribution in [0.3, 0.4) is 0 Å². The lowest BCUT2D eigenvalue weighted by Crippen LogP contribution is -2.45. The van der Waals surface area contributed by atoms with E-state index in [1.54, 1.807) is 0 Å². The van der Waals surface area contributed by atoms with E-state index in [1.807, 2.05) is 0 Å². The minimum atomic E-state index is 0.913. The molecule has 2 heterocycles. The molecule has 2 aliphatic heterocycles. The lowest BCUT2D eigenvalue weighted by Gasteiger charge is -2.39. The van der Waals surface area contributed by atoms with Crippen LogP contribution in [0.25, 0.3) is 0 Å². The number of hydrogen-bond donors (Lipinski definition) is 0. The predicted octanol–water partition coefficient (Wildman–Crippen LogP) is 2.37. The van der Waals surface area contributed by atoms with Gasteiger partial charge in [0.15, 0.2) is 0 Å². The fourth-order valence-corrected chi connectivity index (χ4v) is 2.64. The fraction of sp³-hybridized carbons (Fsp3) is 0.846. The SMILES string of the molecule is C=C.CN1CCC(N2CCCCC2)CC1. The van der Waals surface area contributed by atoms with E-state index in [2.05, 4.69) is 30.0 Å². The third-order valence-electron chi connectivity index (χ3n) is 3.60. The summed E-state index contributed by atoms with van der Waals surface area (Å²) in [6.45, 7) is 11.4. The lowest BCUT2D eigenvalue weighted by atomic mass is 10.0. The van der Waals surface area contributed by atoms with E-state index < -0.39 is 0 Å². The Morgan fingerprint density at radius 1 is 0.867 bits per heavy atom. The standard InChI is InChI=1S/C11H22N2.C2H4/c1-12-9-5-11(6-10-12)13-7-3-2-4-8-13;1-2/h11H,2-10H2,1H3;1-2H2. The number of rotatable bonds is 1. The van der Waals surface area contributed by atoms with Gasteiger partial charge in [0.25, 0.3) is 0 Å². The van der Waals surface area contributed by atoms with E-state index in [1.165, 1.54) is 58.3 Å². The molecule has 2 heteroatoms. The van der Waals surface area contributed by atoms with Gasteiger partial charge in [0, 0.05) is 6.04 Å². The Morgan fingerprint density at radius 3 is 1.93 bits per heavy atom. The first-order chi connectivity index (χ1) is 7.36. The molecule has 0 spiro atoms. The van der Waals surface area contributed by atoms with Crippen molar-refractivity contribution < 1.29 is 0 Å². The summed E-state index contributed by atoms with van der Waals surface area (Å²) in [5, 5.41) is 0. The van der Waals surface area contributed by atoms with Gasteiger partial charge in [0.05, 0.1) is 0 Å². The molecule has 2 nitrogen and oxygen atoms in total. The van der Waals surface area contributed by atoms with Gasteiger partial charge in [-0.05, 0) is 58.9 Å². The molecule has 0 amide bonds. The molecule has 0 atom stereocenters. The molecule has 2 saturated heterocycles. The van der Waals surface area contributed by atoms with Crippen LogP contribution in [0.5, 0.6) is 0 Å². The fourth-order valence-electron chi connectivity index (χ4n) is 2.64. The average molecular weight is 210 g/mol. The predicted molar refractivity (Wildman–Crippen MR) is 67.2 cm³/mol. The van der Waals surface area contributed by atoms with E-state index in [0.29, 0.717) is 0 Å². The minimum absolute atomic E-state index is 0.913. The van der Waals surface area contributed by atoms with Gasteiger partial charge in [-0.15, -0.1) is 13.2 Å². The van der Waals surface area contributed by atoms with Crippen LogP contribution in [0, 0.1) is 0 Å². The molecule has 0 bridgehead atoms. The van der Waals surface area contributed by atoms with Crippen molar-refractivity contribution in [3.63, 3.8) is 0 Å². The molecule has 2 fully saturated rings. The van der Waals surface area contributed by atoms with Gasteiger partial charge < -0.3 is 9.80 Å². The highest BCUT2D eigenvalue weighted by Gasteiger charge is 2.23. The Hall–Kier alpha value is -0.340. The average Bonchev–Trinajstić information content (AvgIpc) is 2.34. The molecule has 88 valence electrons. The molecule has 0 aromatic heterocycles. The summed E-state index contributed by atoms with van der Waals surface area (Å²) in [5.74, 6) is 0. The number of hydrogen-bond acceptors (Lipinski definition) is 2. The van der Waals surface area contributed by atoms with E-state index in [-0.39, 0.29) is 0 Å². The van der Waals surface area contributed by atoms with E-state index in [0.717, 1.165) is 6.04 Å². The van der Waals surface area contributed by atoms with Gasteiger partial charge >= 0.3 is 0 Å². The molecule has 0 aromatic rings. The van der Waals surface area contributed by atoms with Crippen molar-refractivity contribution >= 4 is 0 Å². The first kappa shape index (κ1) is 12.7. The highest BCUT2D eigenvalue weighted by atomic mass is 15.2. The Kier molecular flexibility index (Phi) is 5.96. The molecule has 0 saturated carbocycles. The van der Waals surface area contributed by atoms with Crippen LogP contribution >= 0.6 is 0 Å². The third-order valence-corrected chi connectivity index (χ3v) is 3.60. The van der Waals surface area contributed by atoms with Gasteiger partial charge in [-0.2, -0.15) is 0 Å². The third kappa shape index (κ3) is 3.96. The molecule has 15 heavy (non-hydrogen) atoms. The first-order valence-corrected chi connectivity index (χ1v) is 6.29. The van der Waals surface area contributed by atoms with E-state index in [4.69, 9.17) is 0 Å². The van der Waals surface area contributed by atoms with Crippen LogP contribution < -0.4 is 0 Å². The first-order valence-electron chi connectivity index (χ1n) is 6.29. The van der Waals surface area contributed by atoms with Gasteiger partial charge in [-0.1, -0.05) is 6.42 Å². The lowest BCUT2D eigenvalue weighted by molar-refractivity contribution is 0.103. The van der Waals surface area contributed by atoms with E-state index >= 15 is 0 Å². The molecule has 0 aliphatic carbocycles. The van der Waals surface area contributed by atoms with Gasteiger partial charge in [0.1, 0.15) is 0 Å². The van der Waals surface area contributed by atoms with Gasteiger partial charge in [0.2, 0.25) is 0 Å². The number of piperidine rings is 2. The van der Waals surface area contributed by atoms with Gasteiger partial charge in [-0.25, -0.2) is 0 Å². The molecular weight excluding hydrogens is 184 g/mol. The maximum atomic E-state index is 3.00. The van der Waals surface area contributed by atoms with Crippen LogP contribution in [0.4, 0.5) is 0 Å². The second-order valence-corrected chi connectivity index (χ2v) is 4.63. The summed E-state index contributed by atoms with van der Waals surface area (Å²) in [6, 6.07) is 0.913. The molecule has 0 radical (unpaired) electrons. The summed E-state index contributed by atoms with van der Waals surface area (Å²) < 4.78 is 0. The van der Waals surface area contributed by atoms with Crippen LogP contribution in [0.15, 0.2) is 13.2 Å². The van der Waals surface area contributed by atoms with Crippen LogP contribution in [-0.2, 0) is 0 Å². The Morgan fingerprint density at radius 2 is 1.40 bits per heavy atom. The largest absolute Gasteiger partial charge is 0.306 e. The van der Waals surface area contributed by atoms with Crippen molar-refractivity contribution in [1.82, 2.24) is 9.80 Å².